The molecule has 0 N–H and O–H groups in total. The summed E-state index contributed by atoms with van der Waals surface area (Å²) in [7, 11) is 0. The summed E-state index contributed by atoms with van der Waals surface area (Å²) < 4.78 is 16.6. The summed E-state index contributed by atoms with van der Waals surface area (Å²) in [6, 6.07) is 19.7. The van der Waals surface area contributed by atoms with Gasteiger partial charge in [-0.3, -0.25) is 0 Å². The molecule has 0 heterocycles. The van der Waals surface area contributed by atoms with E-state index in [0.29, 0.717) is 10.8 Å². The first-order valence-corrected chi connectivity index (χ1v) is 9.85. The summed E-state index contributed by atoms with van der Waals surface area (Å²) in [4.78, 5) is 12.2. The molecule has 0 radical (unpaired) electrons. The van der Waals surface area contributed by atoms with Crippen molar-refractivity contribution in [3.63, 3.8) is 0 Å². The van der Waals surface area contributed by atoms with Gasteiger partial charge in [0.1, 0.15) is 23.9 Å². The number of halogens is 3. The van der Waals surface area contributed by atoms with Crippen LogP contribution in [-0.4, -0.2) is 12.1 Å². The third-order valence-corrected chi connectivity index (χ3v) is 4.91. The lowest BCUT2D eigenvalue weighted by atomic mass is 10.2. The van der Waals surface area contributed by atoms with E-state index in [1.807, 2.05) is 54.6 Å². The Labute approximate surface area is 183 Å². The summed E-state index contributed by atoms with van der Waals surface area (Å²) in [5.41, 5.74) is 0.818. The molecule has 0 aliphatic rings. The van der Waals surface area contributed by atoms with Gasteiger partial charge in [0.15, 0.2) is 6.10 Å². The van der Waals surface area contributed by atoms with Crippen molar-refractivity contribution in [3.05, 3.63) is 87.4 Å². The topological polar surface area (TPSA) is 44.8 Å². The molecule has 0 saturated carbocycles. The highest BCUT2D eigenvalue weighted by Gasteiger charge is 2.19. The van der Waals surface area contributed by atoms with Crippen LogP contribution in [0.15, 0.2) is 66.7 Å². The minimum atomic E-state index is -0.870. The van der Waals surface area contributed by atoms with Crippen molar-refractivity contribution in [1.82, 2.24) is 0 Å². The fourth-order valence-electron chi connectivity index (χ4n) is 2.38. The van der Waals surface area contributed by atoms with E-state index in [1.165, 1.54) is 12.1 Å². The average Bonchev–Trinajstić information content (AvgIpc) is 2.72. The van der Waals surface area contributed by atoms with E-state index >= 15 is 0 Å². The molecule has 3 aromatic rings. The second-order valence-electron chi connectivity index (χ2n) is 6.12. The number of rotatable bonds is 7. The Hall–Kier alpha value is -2.40. The Morgan fingerprint density at radius 1 is 0.862 bits per heavy atom. The summed E-state index contributed by atoms with van der Waals surface area (Å²) in [5, 5.41) is 0.844. The van der Waals surface area contributed by atoms with E-state index in [1.54, 1.807) is 6.92 Å². The molecule has 3 aromatic carbocycles. The third-order valence-electron chi connectivity index (χ3n) is 3.89. The van der Waals surface area contributed by atoms with Crippen LogP contribution in [0, 0.1) is 0 Å². The van der Waals surface area contributed by atoms with Gasteiger partial charge in [0, 0.05) is 6.07 Å². The van der Waals surface area contributed by atoms with Gasteiger partial charge in [-0.1, -0.05) is 65.1 Å². The van der Waals surface area contributed by atoms with E-state index in [9.17, 15) is 4.79 Å². The van der Waals surface area contributed by atoms with Gasteiger partial charge in [-0.15, -0.1) is 0 Å². The first-order valence-electron chi connectivity index (χ1n) is 8.72. The van der Waals surface area contributed by atoms with Crippen molar-refractivity contribution in [1.29, 1.82) is 0 Å². The molecule has 4 nitrogen and oxygen atoms in total. The number of hydrogen-bond acceptors (Lipinski definition) is 4. The van der Waals surface area contributed by atoms with Crippen molar-refractivity contribution in [2.45, 2.75) is 19.6 Å². The zero-order chi connectivity index (χ0) is 20.8. The lowest BCUT2D eigenvalue weighted by Gasteiger charge is -2.15. The van der Waals surface area contributed by atoms with Crippen LogP contribution in [-0.2, 0) is 16.1 Å². The third kappa shape index (κ3) is 6.04. The predicted molar refractivity (Wildman–Crippen MR) is 114 cm³/mol. The molecule has 1 atom stereocenters. The van der Waals surface area contributed by atoms with E-state index < -0.39 is 12.1 Å². The maximum absolute atomic E-state index is 12.2. The highest BCUT2D eigenvalue weighted by molar-refractivity contribution is 6.43. The average molecular weight is 452 g/mol. The van der Waals surface area contributed by atoms with Gasteiger partial charge in [-0.2, -0.15) is 0 Å². The van der Waals surface area contributed by atoms with Crippen LogP contribution >= 0.6 is 34.8 Å². The fourth-order valence-corrected chi connectivity index (χ4v) is 2.96. The molecule has 0 saturated heterocycles. The van der Waals surface area contributed by atoms with E-state index in [4.69, 9.17) is 49.0 Å². The van der Waals surface area contributed by atoms with Crippen LogP contribution < -0.4 is 9.47 Å². The van der Waals surface area contributed by atoms with Gasteiger partial charge in [-0.05, 0) is 42.8 Å². The van der Waals surface area contributed by atoms with Crippen molar-refractivity contribution < 1.29 is 19.0 Å². The zero-order valence-corrected chi connectivity index (χ0v) is 17.7. The second kappa shape index (κ2) is 9.88. The van der Waals surface area contributed by atoms with Gasteiger partial charge in [0.05, 0.1) is 15.1 Å². The van der Waals surface area contributed by atoms with Gasteiger partial charge in [0.2, 0.25) is 0 Å². The first-order chi connectivity index (χ1) is 13.9. The Morgan fingerprint density at radius 2 is 1.48 bits per heavy atom. The molecule has 0 aliphatic carbocycles. The van der Waals surface area contributed by atoms with E-state index in [0.717, 1.165) is 11.3 Å². The number of carbonyl (C=O) groups is 1. The summed E-state index contributed by atoms with van der Waals surface area (Å²) in [6.07, 6.45) is -0.870. The molecule has 0 fully saturated rings. The number of hydrogen-bond donors (Lipinski definition) is 0. The number of esters is 1. The SMILES string of the molecule is CC(Oc1cc(Cl)c(Cl)cc1Cl)C(=O)OCc1ccc(Oc2ccccc2)cc1. The fraction of sp³-hybridized carbons (Fsp3) is 0.136. The van der Waals surface area contributed by atoms with Crippen molar-refractivity contribution >= 4 is 40.8 Å². The van der Waals surface area contributed by atoms with Crippen molar-refractivity contribution in [2.24, 2.45) is 0 Å². The minimum Gasteiger partial charge on any atom is -0.477 e. The molecule has 0 spiro atoms. The maximum atomic E-state index is 12.2. The van der Waals surface area contributed by atoms with Gasteiger partial charge >= 0.3 is 5.97 Å². The minimum absolute atomic E-state index is 0.104. The van der Waals surface area contributed by atoms with Gasteiger partial charge < -0.3 is 14.2 Å². The highest BCUT2D eigenvalue weighted by Crippen LogP contribution is 2.34. The molecule has 0 amide bonds. The number of benzene rings is 3. The maximum Gasteiger partial charge on any atom is 0.347 e. The van der Waals surface area contributed by atoms with Crippen LogP contribution in [0.5, 0.6) is 17.2 Å². The standard InChI is InChI=1S/C22H17Cl3O4/c1-14(28-21-12-19(24)18(23)11-20(21)25)22(26)27-13-15-7-9-17(10-8-15)29-16-5-3-2-4-6-16/h2-12,14H,13H2,1H3. The lowest BCUT2D eigenvalue weighted by molar-refractivity contribution is -0.152. The quantitative estimate of drug-likeness (QED) is 0.288. The van der Waals surface area contributed by atoms with Crippen molar-refractivity contribution in [3.8, 4) is 17.2 Å². The Bertz CT molecular complexity index is 975. The monoisotopic (exact) mass is 450 g/mol. The number of para-hydroxylation sites is 1. The van der Waals surface area contributed by atoms with Crippen LogP contribution in [0.1, 0.15) is 12.5 Å². The Kier molecular flexibility index (Phi) is 7.26. The van der Waals surface area contributed by atoms with E-state index in [-0.39, 0.29) is 22.4 Å². The molecule has 1 unspecified atom stereocenters. The summed E-state index contributed by atoms with van der Waals surface area (Å²) >= 11 is 17.9. The second-order valence-corrected chi connectivity index (χ2v) is 7.35. The Morgan fingerprint density at radius 3 is 2.17 bits per heavy atom. The molecule has 7 heteroatoms. The molecule has 29 heavy (non-hydrogen) atoms. The molecular weight excluding hydrogens is 435 g/mol. The molecule has 150 valence electrons. The van der Waals surface area contributed by atoms with Crippen molar-refractivity contribution in [2.75, 3.05) is 0 Å². The Balaban J connectivity index is 1.52. The van der Waals surface area contributed by atoms with Gasteiger partial charge in [-0.25, -0.2) is 4.79 Å². The molecular formula is C22H17Cl3O4. The van der Waals surface area contributed by atoms with Crippen LogP contribution in [0.25, 0.3) is 0 Å². The smallest absolute Gasteiger partial charge is 0.347 e. The molecule has 0 bridgehead atoms. The normalized spacial score (nSPS) is 11.6. The largest absolute Gasteiger partial charge is 0.477 e. The number of carbonyl (C=O) groups excluding carboxylic acids is 1. The highest BCUT2D eigenvalue weighted by atomic mass is 35.5. The first kappa shape index (κ1) is 21.3. The summed E-state index contributed by atoms with van der Waals surface area (Å²) in [5.74, 6) is 1.17. The van der Waals surface area contributed by atoms with Crippen LogP contribution in [0.2, 0.25) is 15.1 Å². The molecule has 0 aromatic heterocycles. The van der Waals surface area contributed by atoms with Gasteiger partial charge in [0.25, 0.3) is 0 Å². The molecule has 3 rings (SSSR count). The predicted octanol–water partition coefficient (Wildman–Crippen LogP) is 6.95. The van der Waals surface area contributed by atoms with E-state index in [2.05, 4.69) is 0 Å². The molecule has 0 aliphatic heterocycles. The number of ether oxygens (including phenoxy) is 3. The van der Waals surface area contributed by atoms with Crippen LogP contribution in [0.4, 0.5) is 0 Å². The summed E-state index contributed by atoms with van der Waals surface area (Å²) in [6.45, 7) is 1.67. The zero-order valence-electron chi connectivity index (χ0n) is 15.4. The lowest BCUT2D eigenvalue weighted by Crippen LogP contribution is -2.26. The van der Waals surface area contributed by atoms with Crippen LogP contribution in [0.3, 0.4) is 0 Å².